The van der Waals surface area contributed by atoms with E-state index in [0.29, 0.717) is 0 Å². The highest BCUT2D eigenvalue weighted by Gasteiger charge is 2.21. The first kappa shape index (κ1) is 14.7. The Morgan fingerprint density at radius 1 is 1.45 bits per heavy atom. The lowest BCUT2D eigenvalue weighted by atomic mass is 10.2. The maximum absolute atomic E-state index is 13.6. The van der Waals surface area contributed by atoms with E-state index in [1.165, 1.54) is 0 Å². The van der Waals surface area contributed by atoms with Crippen LogP contribution >= 0.6 is 27.5 Å². The molecule has 106 valence electrons. The Hall–Kier alpha value is -1.74. The molecule has 5 nitrogen and oxygen atoms in total. The number of carboxylic acid groups (broad SMARTS) is 1. The van der Waals surface area contributed by atoms with Crippen molar-refractivity contribution in [2.24, 2.45) is 0 Å². The monoisotopic (exact) mass is 364 g/mol. The highest BCUT2D eigenvalue weighted by Crippen LogP contribution is 2.29. The molecule has 20 heavy (non-hydrogen) atoms. The zero-order valence-electron chi connectivity index (χ0n) is 9.69. The molecular formula is C11H7BrF2N2O3S. The second-order valence-electron chi connectivity index (χ2n) is 3.67. The summed E-state index contributed by atoms with van der Waals surface area (Å²) in [5, 5.41) is 8.89. The average molecular weight is 365 g/mol. The summed E-state index contributed by atoms with van der Waals surface area (Å²) in [5.41, 5.74) is 4.80. The third kappa shape index (κ3) is 2.88. The fraction of sp³-hybridized carbons (Fsp3) is 0.0909. The van der Waals surface area contributed by atoms with E-state index in [0.717, 1.165) is 23.7 Å². The number of nitrogens with zero attached hydrogens (tertiary/aromatic N) is 1. The Morgan fingerprint density at radius 2 is 2.05 bits per heavy atom. The van der Waals surface area contributed by atoms with Gasteiger partial charge in [0.2, 0.25) is 5.88 Å². The van der Waals surface area contributed by atoms with E-state index in [1.54, 1.807) is 0 Å². The fourth-order valence-electron chi connectivity index (χ4n) is 1.43. The molecule has 1 aromatic carbocycles. The van der Waals surface area contributed by atoms with Crippen LogP contribution in [-0.4, -0.2) is 15.4 Å². The molecule has 0 unspecified atom stereocenters. The van der Waals surface area contributed by atoms with Gasteiger partial charge in [-0.2, -0.15) is 4.37 Å². The van der Waals surface area contributed by atoms with Crippen LogP contribution in [0.4, 0.5) is 13.8 Å². The lowest BCUT2D eigenvalue weighted by molar-refractivity contribution is 0.0693. The van der Waals surface area contributed by atoms with Crippen LogP contribution in [-0.2, 0) is 6.61 Å². The van der Waals surface area contributed by atoms with Crippen molar-refractivity contribution in [2.45, 2.75) is 6.61 Å². The zero-order chi connectivity index (χ0) is 14.9. The van der Waals surface area contributed by atoms with Gasteiger partial charge in [-0.1, -0.05) is 15.9 Å². The van der Waals surface area contributed by atoms with Gasteiger partial charge in [-0.25, -0.2) is 13.6 Å². The predicted molar refractivity (Wildman–Crippen MR) is 71.9 cm³/mol. The molecule has 0 spiro atoms. The second-order valence-corrected chi connectivity index (χ2v) is 5.39. The molecule has 3 N–H and O–H groups in total. The second kappa shape index (κ2) is 5.71. The molecule has 0 atom stereocenters. The molecule has 0 amide bonds. The Kier molecular flexibility index (Phi) is 4.19. The van der Waals surface area contributed by atoms with E-state index in [9.17, 15) is 13.6 Å². The summed E-state index contributed by atoms with van der Waals surface area (Å²) in [5.74, 6) is -3.20. The molecule has 0 aliphatic carbocycles. The molecule has 0 saturated carbocycles. The fourth-order valence-corrected chi connectivity index (χ4v) is 2.43. The smallest absolute Gasteiger partial charge is 0.344 e. The lowest BCUT2D eigenvalue weighted by Gasteiger charge is -2.07. The summed E-state index contributed by atoms with van der Waals surface area (Å²) in [6.45, 7) is -0.492. The molecule has 1 aromatic heterocycles. The van der Waals surface area contributed by atoms with Gasteiger partial charge < -0.3 is 15.6 Å². The van der Waals surface area contributed by atoms with Gasteiger partial charge in [0.1, 0.15) is 23.2 Å². The maximum Gasteiger partial charge on any atom is 0.344 e. The molecule has 0 radical (unpaired) electrons. The Labute approximate surface area is 124 Å². The van der Waals surface area contributed by atoms with Gasteiger partial charge in [0.15, 0.2) is 5.56 Å². The van der Waals surface area contributed by atoms with Gasteiger partial charge in [0.05, 0.1) is 5.56 Å². The number of hydrogen-bond acceptors (Lipinski definition) is 5. The summed E-state index contributed by atoms with van der Waals surface area (Å²) >= 11 is 3.68. The Morgan fingerprint density at radius 3 is 2.60 bits per heavy atom. The summed E-state index contributed by atoms with van der Waals surface area (Å²) in [6, 6.07) is 2.16. The number of carboxylic acids is 1. The van der Waals surface area contributed by atoms with Crippen molar-refractivity contribution in [1.82, 2.24) is 4.37 Å². The number of nitrogens with two attached hydrogens (primary N) is 1. The minimum Gasteiger partial charge on any atom is -0.477 e. The first-order valence-electron chi connectivity index (χ1n) is 5.14. The van der Waals surface area contributed by atoms with Crippen LogP contribution in [0, 0.1) is 11.6 Å². The lowest BCUT2D eigenvalue weighted by Crippen LogP contribution is -2.06. The standard InChI is InChI=1S/C11H7BrF2N2O3S/c12-4-1-6(13)5(7(14)2-4)3-19-10-8(11(17)18)9(15)20-16-10/h1-2H,3,15H2,(H,17,18). The molecule has 0 fully saturated rings. The molecule has 0 aliphatic rings. The van der Waals surface area contributed by atoms with Crippen molar-refractivity contribution >= 4 is 38.4 Å². The highest BCUT2D eigenvalue weighted by atomic mass is 79.9. The van der Waals surface area contributed by atoms with Gasteiger partial charge in [-0.05, 0) is 23.7 Å². The van der Waals surface area contributed by atoms with Crippen molar-refractivity contribution < 1.29 is 23.4 Å². The number of halogens is 3. The van der Waals surface area contributed by atoms with E-state index >= 15 is 0 Å². The van der Waals surface area contributed by atoms with Crippen LogP contribution in [0.5, 0.6) is 5.88 Å². The van der Waals surface area contributed by atoms with Gasteiger partial charge in [0, 0.05) is 4.47 Å². The predicted octanol–water partition coefficient (Wildman–Crippen LogP) is 3.04. The average Bonchev–Trinajstić information content (AvgIpc) is 2.69. The molecule has 0 aliphatic heterocycles. The molecule has 0 saturated heterocycles. The van der Waals surface area contributed by atoms with Crippen molar-refractivity contribution in [3.8, 4) is 5.88 Å². The number of hydrogen-bond donors (Lipinski definition) is 2. The van der Waals surface area contributed by atoms with Crippen LogP contribution in [0.15, 0.2) is 16.6 Å². The highest BCUT2D eigenvalue weighted by molar-refractivity contribution is 9.10. The summed E-state index contributed by atoms with van der Waals surface area (Å²) in [4.78, 5) is 10.9. The summed E-state index contributed by atoms with van der Waals surface area (Å²) in [6.07, 6.45) is 0. The van der Waals surface area contributed by atoms with Crippen molar-refractivity contribution in [1.29, 1.82) is 0 Å². The number of rotatable bonds is 4. The first-order valence-corrected chi connectivity index (χ1v) is 6.71. The van der Waals surface area contributed by atoms with E-state index < -0.39 is 24.2 Å². The van der Waals surface area contributed by atoms with Crippen LogP contribution < -0.4 is 10.5 Å². The van der Waals surface area contributed by atoms with Crippen LogP contribution in [0.3, 0.4) is 0 Å². The van der Waals surface area contributed by atoms with Gasteiger partial charge >= 0.3 is 5.97 Å². The van der Waals surface area contributed by atoms with Gasteiger partial charge in [-0.15, -0.1) is 0 Å². The van der Waals surface area contributed by atoms with Crippen molar-refractivity contribution in [3.05, 3.63) is 39.4 Å². The number of aromatic carboxylic acids is 1. The number of nitrogen functional groups attached to an aromatic ring is 1. The third-order valence-electron chi connectivity index (χ3n) is 2.36. The van der Waals surface area contributed by atoms with Gasteiger partial charge in [0.25, 0.3) is 0 Å². The molecule has 9 heteroatoms. The number of aromatic nitrogens is 1. The summed E-state index contributed by atoms with van der Waals surface area (Å²) < 4.78 is 36.1. The van der Waals surface area contributed by atoms with Crippen LogP contribution in [0.2, 0.25) is 0 Å². The maximum atomic E-state index is 13.6. The molecule has 0 bridgehead atoms. The zero-order valence-corrected chi connectivity index (χ0v) is 12.1. The van der Waals surface area contributed by atoms with E-state index in [1.807, 2.05) is 0 Å². The van der Waals surface area contributed by atoms with Crippen molar-refractivity contribution in [2.75, 3.05) is 5.73 Å². The Balaban J connectivity index is 2.24. The first-order chi connectivity index (χ1) is 9.40. The molecule has 1 heterocycles. The Bertz CT molecular complexity index is 655. The van der Waals surface area contributed by atoms with E-state index in [-0.39, 0.29) is 26.5 Å². The van der Waals surface area contributed by atoms with E-state index in [4.69, 9.17) is 15.6 Å². The number of ether oxygens (including phenoxy) is 1. The molecular weight excluding hydrogens is 358 g/mol. The molecule has 2 rings (SSSR count). The largest absolute Gasteiger partial charge is 0.477 e. The quantitative estimate of drug-likeness (QED) is 0.870. The summed E-state index contributed by atoms with van der Waals surface area (Å²) in [7, 11) is 0. The van der Waals surface area contributed by atoms with E-state index in [2.05, 4.69) is 20.3 Å². The SMILES string of the molecule is Nc1snc(OCc2c(F)cc(Br)cc2F)c1C(=O)O. The number of benzene rings is 1. The third-order valence-corrected chi connectivity index (χ3v) is 3.48. The van der Waals surface area contributed by atoms with Crippen molar-refractivity contribution in [3.63, 3.8) is 0 Å². The minimum absolute atomic E-state index is 0.0377. The van der Waals surface area contributed by atoms with Gasteiger partial charge in [-0.3, -0.25) is 0 Å². The normalized spacial score (nSPS) is 10.6. The minimum atomic E-state index is -1.32. The number of carbonyl (C=O) groups is 1. The number of anilines is 1. The van der Waals surface area contributed by atoms with Crippen LogP contribution in [0.25, 0.3) is 0 Å². The topological polar surface area (TPSA) is 85.4 Å². The van der Waals surface area contributed by atoms with Crippen LogP contribution in [0.1, 0.15) is 15.9 Å². The molecule has 2 aromatic rings.